The van der Waals surface area contributed by atoms with Crippen LogP contribution in [0.4, 0.5) is 0 Å². The summed E-state index contributed by atoms with van der Waals surface area (Å²) in [5.74, 6) is 0.871. The topological polar surface area (TPSA) is 48.8 Å². The highest BCUT2D eigenvalue weighted by Crippen LogP contribution is 2.33. The van der Waals surface area contributed by atoms with Gasteiger partial charge in [-0.3, -0.25) is 0 Å². The number of fused-ring (bicyclic) bond motifs is 3. The lowest BCUT2D eigenvalue weighted by Gasteiger charge is -2.09. The Balaban J connectivity index is 1.57. The summed E-state index contributed by atoms with van der Waals surface area (Å²) >= 11 is 0. The van der Waals surface area contributed by atoms with E-state index >= 15 is 0 Å². The molecule has 0 spiro atoms. The highest BCUT2D eigenvalue weighted by Gasteiger charge is 2.19. The number of furan rings is 1. The van der Waals surface area contributed by atoms with Gasteiger partial charge in [-0.15, -0.1) is 5.10 Å². The molecule has 3 aromatic heterocycles. The fourth-order valence-corrected chi connectivity index (χ4v) is 4.59. The summed E-state index contributed by atoms with van der Waals surface area (Å²) in [5, 5.41) is 11.6. The van der Waals surface area contributed by atoms with Crippen LogP contribution in [0.1, 0.15) is 18.4 Å². The van der Waals surface area contributed by atoms with Crippen LogP contribution in [0.5, 0.6) is 0 Å². The molecule has 0 amide bonds. The van der Waals surface area contributed by atoms with Crippen molar-refractivity contribution in [1.29, 1.82) is 0 Å². The monoisotopic (exact) mass is 418 g/mol. The highest BCUT2D eigenvalue weighted by atomic mass is 16.3. The summed E-state index contributed by atoms with van der Waals surface area (Å²) in [6.07, 6.45) is 2.29. The molecule has 0 radical (unpaired) electrons. The molecule has 0 aliphatic rings. The molecule has 32 heavy (non-hydrogen) atoms. The number of aryl methyl sites for hydroxylation is 1. The van der Waals surface area contributed by atoms with E-state index in [4.69, 9.17) is 4.42 Å². The smallest absolute Gasteiger partial charge is 0.109 e. The largest absolute Gasteiger partial charge is 0.469 e. The molecule has 6 aromatic rings. The molecule has 0 saturated carbocycles. The molecule has 156 valence electrons. The maximum atomic E-state index is 5.58. The lowest BCUT2D eigenvalue weighted by Crippen LogP contribution is -2.01. The Bertz CT molecular complexity index is 1520. The standard InChI is InChI=1S/C27H22N4O/c1-2-30-25-13-7-6-12-22(25)23-17-20(14-15-26(23)30)31-27(19-9-4-3-5-10-19)24(28-29-31)18-21-11-8-16-32-21/h3-17H,2,18H2,1H3. The molecule has 0 unspecified atom stereocenters. The lowest BCUT2D eigenvalue weighted by molar-refractivity contribution is 0.519. The quantitative estimate of drug-likeness (QED) is 0.333. The Kier molecular flexibility index (Phi) is 4.39. The van der Waals surface area contributed by atoms with Gasteiger partial charge < -0.3 is 8.98 Å². The van der Waals surface area contributed by atoms with Crippen LogP contribution in [0.15, 0.2) is 95.6 Å². The second-order valence-electron chi connectivity index (χ2n) is 7.88. The van der Waals surface area contributed by atoms with Crippen molar-refractivity contribution in [2.75, 3.05) is 0 Å². The third-order valence-corrected chi connectivity index (χ3v) is 6.03. The molecule has 3 aromatic carbocycles. The minimum absolute atomic E-state index is 0.592. The Labute approximate surface area is 185 Å². The molecule has 6 rings (SSSR count). The van der Waals surface area contributed by atoms with Gasteiger partial charge in [0.25, 0.3) is 0 Å². The van der Waals surface area contributed by atoms with Gasteiger partial charge in [0.1, 0.15) is 5.76 Å². The summed E-state index contributed by atoms with van der Waals surface area (Å²) in [4.78, 5) is 0. The summed E-state index contributed by atoms with van der Waals surface area (Å²) in [6, 6.07) is 29.3. The zero-order chi connectivity index (χ0) is 21.5. The van der Waals surface area contributed by atoms with Gasteiger partial charge in [0.15, 0.2) is 0 Å². The van der Waals surface area contributed by atoms with E-state index in [1.165, 1.54) is 21.8 Å². The van der Waals surface area contributed by atoms with Crippen molar-refractivity contribution >= 4 is 21.8 Å². The number of hydrogen-bond acceptors (Lipinski definition) is 3. The van der Waals surface area contributed by atoms with Crippen LogP contribution in [0.2, 0.25) is 0 Å². The number of para-hydroxylation sites is 1. The van der Waals surface area contributed by atoms with Crippen molar-refractivity contribution in [3.63, 3.8) is 0 Å². The molecule has 0 aliphatic carbocycles. The first-order valence-corrected chi connectivity index (χ1v) is 10.9. The molecule has 0 atom stereocenters. The SMILES string of the molecule is CCn1c2ccccc2c2cc(-n3nnc(Cc4ccco4)c3-c3ccccc3)ccc21. The molecule has 3 heterocycles. The Morgan fingerprint density at radius 2 is 1.62 bits per heavy atom. The first-order chi connectivity index (χ1) is 15.8. The average molecular weight is 419 g/mol. The number of aromatic nitrogens is 4. The number of nitrogens with zero attached hydrogens (tertiary/aromatic N) is 4. The van der Waals surface area contributed by atoms with Crippen LogP contribution in [-0.4, -0.2) is 19.6 Å². The normalized spacial score (nSPS) is 11.5. The minimum atomic E-state index is 0.592. The van der Waals surface area contributed by atoms with E-state index < -0.39 is 0 Å². The first kappa shape index (κ1) is 18.6. The summed E-state index contributed by atoms with van der Waals surface area (Å²) in [7, 11) is 0. The van der Waals surface area contributed by atoms with E-state index in [0.717, 1.165) is 34.9 Å². The molecular weight excluding hydrogens is 396 g/mol. The van der Waals surface area contributed by atoms with Gasteiger partial charge in [0, 0.05) is 33.9 Å². The average Bonchev–Trinajstić information content (AvgIpc) is 3.57. The Morgan fingerprint density at radius 3 is 2.44 bits per heavy atom. The van der Waals surface area contributed by atoms with Gasteiger partial charge in [-0.25, -0.2) is 4.68 Å². The predicted molar refractivity (Wildman–Crippen MR) is 127 cm³/mol. The van der Waals surface area contributed by atoms with Crippen molar-refractivity contribution in [1.82, 2.24) is 19.6 Å². The second kappa shape index (κ2) is 7.54. The van der Waals surface area contributed by atoms with Gasteiger partial charge in [-0.05, 0) is 43.3 Å². The van der Waals surface area contributed by atoms with Gasteiger partial charge in [-0.1, -0.05) is 53.7 Å². The Hall–Kier alpha value is -4.12. The Morgan fingerprint density at radius 1 is 0.812 bits per heavy atom. The van der Waals surface area contributed by atoms with E-state index in [1.54, 1.807) is 6.26 Å². The van der Waals surface area contributed by atoms with Crippen LogP contribution in [-0.2, 0) is 13.0 Å². The zero-order valence-corrected chi connectivity index (χ0v) is 17.8. The van der Waals surface area contributed by atoms with Crippen molar-refractivity contribution < 1.29 is 4.42 Å². The van der Waals surface area contributed by atoms with Crippen LogP contribution in [0, 0.1) is 0 Å². The van der Waals surface area contributed by atoms with E-state index in [2.05, 4.69) is 76.4 Å². The molecule has 5 nitrogen and oxygen atoms in total. The zero-order valence-electron chi connectivity index (χ0n) is 17.8. The summed E-state index contributed by atoms with van der Waals surface area (Å²) < 4.78 is 9.89. The first-order valence-electron chi connectivity index (χ1n) is 10.9. The maximum absolute atomic E-state index is 5.58. The van der Waals surface area contributed by atoms with Crippen LogP contribution in [0.25, 0.3) is 38.8 Å². The number of rotatable bonds is 5. The molecule has 0 saturated heterocycles. The second-order valence-corrected chi connectivity index (χ2v) is 7.88. The predicted octanol–water partition coefficient (Wildman–Crippen LogP) is 6.25. The van der Waals surface area contributed by atoms with Crippen molar-refractivity contribution in [2.45, 2.75) is 19.9 Å². The van der Waals surface area contributed by atoms with E-state index in [-0.39, 0.29) is 0 Å². The molecule has 0 bridgehead atoms. The maximum Gasteiger partial charge on any atom is 0.109 e. The third-order valence-electron chi connectivity index (χ3n) is 6.03. The van der Waals surface area contributed by atoms with Gasteiger partial charge in [0.2, 0.25) is 0 Å². The van der Waals surface area contributed by atoms with Gasteiger partial charge >= 0.3 is 0 Å². The van der Waals surface area contributed by atoms with Crippen LogP contribution < -0.4 is 0 Å². The van der Waals surface area contributed by atoms with Gasteiger partial charge in [-0.2, -0.15) is 0 Å². The summed E-state index contributed by atoms with van der Waals surface area (Å²) in [5.41, 5.74) is 6.43. The molecule has 0 fully saturated rings. The van der Waals surface area contributed by atoms with Crippen LogP contribution >= 0.6 is 0 Å². The number of benzene rings is 3. The molecule has 0 N–H and O–H groups in total. The molecule has 0 aliphatic heterocycles. The summed E-state index contributed by atoms with van der Waals surface area (Å²) in [6.45, 7) is 3.11. The third kappa shape index (κ3) is 2.94. The fraction of sp³-hybridized carbons (Fsp3) is 0.111. The van der Waals surface area contributed by atoms with E-state index in [9.17, 15) is 0 Å². The highest BCUT2D eigenvalue weighted by molar-refractivity contribution is 6.08. The van der Waals surface area contributed by atoms with Crippen molar-refractivity contribution in [3.05, 3.63) is 103 Å². The van der Waals surface area contributed by atoms with Gasteiger partial charge in [0.05, 0.1) is 29.8 Å². The minimum Gasteiger partial charge on any atom is -0.469 e. The number of hydrogen-bond donors (Lipinski definition) is 0. The van der Waals surface area contributed by atoms with Crippen molar-refractivity contribution in [2.24, 2.45) is 0 Å². The van der Waals surface area contributed by atoms with Crippen LogP contribution in [0.3, 0.4) is 0 Å². The lowest BCUT2D eigenvalue weighted by atomic mass is 10.1. The molecular formula is C27H22N4O. The van der Waals surface area contributed by atoms with Crippen molar-refractivity contribution in [3.8, 4) is 16.9 Å². The fourth-order valence-electron chi connectivity index (χ4n) is 4.59. The van der Waals surface area contributed by atoms with E-state index in [1.807, 2.05) is 35.0 Å². The van der Waals surface area contributed by atoms with E-state index in [0.29, 0.717) is 6.42 Å². The molecule has 5 heteroatoms.